The molecule has 0 heterocycles. The topological polar surface area (TPSA) is 38.3 Å². The van der Waals surface area contributed by atoms with Crippen LogP contribution in [-0.2, 0) is 11.2 Å². The molecule has 1 N–H and O–H groups in total. The van der Waals surface area contributed by atoms with E-state index in [4.69, 9.17) is 4.74 Å². The highest BCUT2D eigenvalue weighted by atomic mass is 16.5. The number of methoxy groups -OCH3 is 1. The molecule has 0 bridgehead atoms. The van der Waals surface area contributed by atoms with Crippen molar-refractivity contribution in [2.24, 2.45) is 5.92 Å². The van der Waals surface area contributed by atoms with Gasteiger partial charge in [0.25, 0.3) is 0 Å². The second-order valence-electron chi connectivity index (χ2n) is 4.90. The molecule has 18 heavy (non-hydrogen) atoms. The van der Waals surface area contributed by atoms with Crippen LogP contribution in [0.3, 0.4) is 0 Å². The molecule has 1 aromatic rings. The highest BCUT2D eigenvalue weighted by Gasteiger charge is 2.03. The molecule has 0 aliphatic heterocycles. The van der Waals surface area contributed by atoms with E-state index in [2.05, 4.69) is 31.3 Å². The molecule has 0 saturated heterocycles. The summed E-state index contributed by atoms with van der Waals surface area (Å²) in [6, 6.07) is 8.06. The maximum Gasteiger partial charge on any atom is 0.220 e. The van der Waals surface area contributed by atoms with E-state index in [1.165, 1.54) is 5.56 Å². The lowest BCUT2D eigenvalue weighted by Crippen LogP contribution is -2.25. The Morgan fingerprint density at radius 1 is 1.28 bits per heavy atom. The van der Waals surface area contributed by atoms with Gasteiger partial charge in [0.1, 0.15) is 5.75 Å². The molecule has 1 amide bonds. The van der Waals surface area contributed by atoms with E-state index in [0.29, 0.717) is 12.3 Å². The van der Waals surface area contributed by atoms with E-state index in [-0.39, 0.29) is 5.91 Å². The third-order valence-electron chi connectivity index (χ3n) is 2.72. The summed E-state index contributed by atoms with van der Waals surface area (Å²) in [6.45, 7) is 4.85. The molecule has 0 aliphatic carbocycles. The van der Waals surface area contributed by atoms with Crippen LogP contribution in [0.1, 0.15) is 32.3 Å². The van der Waals surface area contributed by atoms with Crippen LogP contribution in [0.15, 0.2) is 24.3 Å². The fraction of sp³-hybridized carbons (Fsp3) is 0.533. The van der Waals surface area contributed by atoms with Gasteiger partial charge in [0.2, 0.25) is 5.91 Å². The van der Waals surface area contributed by atoms with Crippen LogP contribution in [0.5, 0.6) is 5.75 Å². The average molecular weight is 249 g/mol. The number of carbonyl (C=O) groups excluding carboxylic acids is 1. The zero-order valence-electron chi connectivity index (χ0n) is 11.5. The van der Waals surface area contributed by atoms with E-state index in [1.54, 1.807) is 7.11 Å². The number of aryl methyl sites for hydroxylation is 1. The highest BCUT2D eigenvalue weighted by molar-refractivity contribution is 5.75. The lowest BCUT2D eigenvalue weighted by atomic mass is 10.1. The molecule has 3 heteroatoms. The van der Waals surface area contributed by atoms with Crippen LogP contribution in [0.2, 0.25) is 0 Å². The molecule has 3 nitrogen and oxygen atoms in total. The summed E-state index contributed by atoms with van der Waals surface area (Å²) < 4.78 is 5.11. The first-order chi connectivity index (χ1) is 8.61. The summed E-state index contributed by atoms with van der Waals surface area (Å²) in [6.07, 6.45) is 2.56. The van der Waals surface area contributed by atoms with Gasteiger partial charge in [0, 0.05) is 13.0 Å². The molecule has 0 spiro atoms. The van der Waals surface area contributed by atoms with Gasteiger partial charge in [-0.2, -0.15) is 0 Å². The summed E-state index contributed by atoms with van der Waals surface area (Å²) in [4.78, 5) is 11.4. The Kier molecular flexibility index (Phi) is 6.26. The maximum atomic E-state index is 11.4. The minimum atomic E-state index is 0.153. The number of ether oxygens (including phenoxy) is 1. The van der Waals surface area contributed by atoms with Crippen LogP contribution in [-0.4, -0.2) is 19.6 Å². The predicted octanol–water partition coefficient (Wildman–Crippen LogP) is 2.79. The first-order valence-corrected chi connectivity index (χ1v) is 6.51. The van der Waals surface area contributed by atoms with Crippen molar-refractivity contribution in [1.82, 2.24) is 5.32 Å². The monoisotopic (exact) mass is 249 g/mol. The molecule has 0 unspecified atom stereocenters. The Morgan fingerprint density at radius 2 is 1.94 bits per heavy atom. The van der Waals surface area contributed by atoms with Crippen molar-refractivity contribution in [2.45, 2.75) is 33.1 Å². The van der Waals surface area contributed by atoms with E-state index >= 15 is 0 Å². The SMILES string of the molecule is COc1ccc(CCCNC(=O)CC(C)C)cc1. The lowest BCUT2D eigenvalue weighted by Gasteiger charge is -2.07. The van der Waals surface area contributed by atoms with E-state index < -0.39 is 0 Å². The van der Waals surface area contributed by atoms with Gasteiger partial charge in [-0.3, -0.25) is 4.79 Å². The van der Waals surface area contributed by atoms with Crippen LogP contribution in [0, 0.1) is 5.92 Å². The first kappa shape index (κ1) is 14.6. The molecule has 0 saturated carbocycles. The van der Waals surface area contributed by atoms with Gasteiger partial charge in [-0.25, -0.2) is 0 Å². The van der Waals surface area contributed by atoms with E-state index in [1.807, 2.05) is 12.1 Å². The minimum Gasteiger partial charge on any atom is -0.497 e. The quantitative estimate of drug-likeness (QED) is 0.755. The Morgan fingerprint density at radius 3 is 2.50 bits per heavy atom. The average Bonchev–Trinajstić information content (AvgIpc) is 2.34. The standard InChI is InChI=1S/C15H23NO2/c1-12(2)11-15(17)16-10-4-5-13-6-8-14(18-3)9-7-13/h6-9,12H,4-5,10-11H2,1-3H3,(H,16,17). The van der Waals surface area contributed by atoms with Crippen molar-refractivity contribution >= 4 is 5.91 Å². The first-order valence-electron chi connectivity index (χ1n) is 6.51. The molecule has 100 valence electrons. The Bertz CT molecular complexity index is 357. The van der Waals surface area contributed by atoms with Gasteiger partial charge < -0.3 is 10.1 Å². The Balaban J connectivity index is 2.19. The highest BCUT2D eigenvalue weighted by Crippen LogP contribution is 2.12. The zero-order valence-corrected chi connectivity index (χ0v) is 11.5. The predicted molar refractivity (Wildman–Crippen MR) is 73.8 cm³/mol. The second kappa shape index (κ2) is 7.75. The Labute approximate surface area is 110 Å². The summed E-state index contributed by atoms with van der Waals surface area (Å²) >= 11 is 0. The minimum absolute atomic E-state index is 0.153. The molecule has 0 aliphatic rings. The fourth-order valence-electron chi connectivity index (χ4n) is 1.76. The van der Waals surface area contributed by atoms with Crippen molar-refractivity contribution in [3.8, 4) is 5.75 Å². The van der Waals surface area contributed by atoms with Gasteiger partial charge in [0.15, 0.2) is 0 Å². The number of nitrogens with one attached hydrogen (secondary N) is 1. The molecule has 0 aromatic heterocycles. The number of benzene rings is 1. The third-order valence-corrected chi connectivity index (χ3v) is 2.72. The summed E-state index contributed by atoms with van der Waals surface area (Å²) in [5.74, 6) is 1.45. The summed E-state index contributed by atoms with van der Waals surface area (Å²) in [5, 5.41) is 2.94. The maximum absolute atomic E-state index is 11.4. The number of rotatable bonds is 7. The number of hydrogen-bond acceptors (Lipinski definition) is 2. The van der Waals surface area contributed by atoms with Gasteiger partial charge in [-0.05, 0) is 36.5 Å². The van der Waals surface area contributed by atoms with Crippen molar-refractivity contribution in [1.29, 1.82) is 0 Å². The third kappa shape index (κ3) is 5.71. The molecular formula is C15H23NO2. The van der Waals surface area contributed by atoms with Crippen molar-refractivity contribution in [2.75, 3.05) is 13.7 Å². The normalized spacial score (nSPS) is 10.4. The van der Waals surface area contributed by atoms with Gasteiger partial charge >= 0.3 is 0 Å². The largest absolute Gasteiger partial charge is 0.497 e. The molecule has 0 fully saturated rings. The van der Waals surface area contributed by atoms with Crippen molar-refractivity contribution in [3.63, 3.8) is 0 Å². The molecular weight excluding hydrogens is 226 g/mol. The summed E-state index contributed by atoms with van der Waals surface area (Å²) in [5.41, 5.74) is 1.27. The molecule has 0 radical (unpaired) electrons. The van der Waals surface area contributed by atoms with Crippen molar-refractivity contribution in [3.05, 3.63) is 29.8 Å². The zero-order chi connectivity index (χ0) is 13.4. The van der Waals surface area contributed by atoms with Crippen LogP contribution in [0.25, 0.3) is 0 Å². The lowest BCUT2D eigenvalue weighted by molar-refractivity contribution is -0.121. The van der Waals surface area contributed by atoms with E-state index in [9.17, 15) is 4.79 Å². The van der Waals surface area contributed by atoms with Gasteiger partial charge in [-0.1, -0.05) is 26.0 Å². The molecule has 1 rings (SSSR count). The number of carbonyl (C=O) groups is 1. The van der Waals surface area contributed by atoms with Crippen LogP contribution < -0.4 is 10.1 Å². The molecule has 1 aromatic carbocycles. The molecule has 0 atom stereocenters. The van der Waals surface area contributed by atoms with Crippen molar-refractivity contribution < 1.29 is 9.53 Å². The Hall–Kier alpha value is -1.51. The van der Waals surface area contributed by atoms with Gasteiger partial charge in [0.05, 0.1) is 7.11 Å². The summed E-state index contributed by atoms with van der Waals surface area (Å²) in [7, 11) is 1.67. The second-order valence-corrected chi connectivity index (χ2v) is 4.90. The smallest absolute Gasteiger partial charge is 0.220 e. The number of hydrogen-bond donors (Lipinski definition) is 1. The van der Waals surface area contributed by atoms with E-state index in [0.717, 1.165) is 25.1 Å². The van der Waals surface area contributed by atoms with Gasteiger partial charge in [-0.15, -0.1) is 0 Å². The van der Waals surface area contributed by atoms with Crippen LogP contribution in [0.4, 0.5) is 0 Å². The fourth-order valence-corrected chi connectivity index (χ4v) is 1.76. The number of amides is 1. The van der Waals surface area contributed by atoms with Crippen LogP contribution >= 0.6 is 0 Å².